The second-order valence-electron chi connectivity index (χ2n) is 12.3. The van der Waals surface area contributed by atoms with Gasteiger partial charge in [-0.05, 0) is 57.5 Å². The molecule has 0 aromatic carbocycles. The van der Waals surface area contributed by atoms with E-state index in [0.717, 1.165) is 11.3 Å². The molecule has 0 radical (unpaired) electrons. The van der Waals surface area contributed by atoms with E-state index in [1.54, 1.807) is 12.4 Å². The zero-order valence-electron chi connectivity index (χ0n) is 24.2. The number of fused-ring (bicyclic) bond motifs is 4. The number of aromatic nitrogens is 3. The molecule has 0 saturated carbocycles. The van der Waals surface area contributed by atoms with Crippen LogP contribution in [0.3, 0.4) is 0 Å². The SMILES string of the molecule is C[C@@H]1/C=C\C[C@H](NC(=O)OC(C)(C)C)c2cc(ccn2)-c2c(cnn2CCO[Si](C)(C)C(C)(C)C)NC1=O. The lowest BCUT2D eigenvalue weighted by atomic mass is 10.0. The lowest BCUT2D eigenvalue weighted by molar-refractivity contribution is -0.118. The minimum absolute atomic E-state index is 0.104. The molecule has 3 rings (SSSR count). The second kappa shape index (κ2) is 11.4. The molecule has 9 nitrogen and oxygen atoms in total. The van der Waals surface area contributed by atoms with Crippen molar-refractivity contribution in [2.75, 3.05) is 11.9 Å². The van der Waals surface area contributed by atoms with E-state index in [1.165, 1.54) is 0 Å². The van der Waals surface area contributed by atoms with Gasteiger partial charge in [0.15, 0.2) is 8.32 Å². The number of nitrogens with zero attached hydrogens (tertiary/aromatic N) is 3. The first kappa shape index (κ1) is 29.6. The Morgan fingerprint density at radius 1 is 1.24 bits per heavy atom. The fraction of sp³-hybridized carbons (Fsp3) is 0.571. The number of carbonyl (C=O) groups is 2. The van der Waals surface area contributed by atoms with Gasteiger partial charge in [0.25, 0.3) is 0 Å². The average Bonchev–Trinajstić information content (AvgIpc) is 3.17. The molecular formula is C28H43N5O4Si. The predicted molar refractivity (Wildman–Crippen MR) is 152 cm³/mol. The number of hydrogen-bond donors (Lipinski definition) is 2. The average molecular weight is 542 g/mol. The Bertz CT molecular complexity index is 1180. The van der Waals surface area contributed by atoms with Crippen LogP contribution >= 0.6 is 0 Å². The largest absolute Gasteiger partial charge is 0.444 e. The molecule has 0 saturated heterocycles. The summed E-state index contributed by atoms with van der Waals surface area (Å²) in [6.45, 7) is 19.4. The van der Waals surface area contributed by atoms with E-state index >= 15 is 0 Å². The van der Waals surface area contributed by atoms with Crippen molar-refractivity contribution in [2.45, 2.75) is 91.2 Å². The van der Waals surface area contributed by atoms with E-state index in [0.29, 0.717) is 31.0 Å². The van der Waals surface area contributed by atoms with Gasteiger partial charge in [0.1, 0.15) is 5.60 Å². The summed E-state index contributed by atoms with van der Waals surface area (Å²) in [4.78, 5) is 30.2. The van der Waals surface area contributed by atoms with E-state index in [4.69, 9.17) is 9.16 Å². The minimum atomic E-state index is -1.92. The molecule has 2 aromatic heterocycles. The van der Waals surface area contributed by atoms with Crippen molar-refractivity contribution in [1.29, 1.82) is 0 Å². The van der Waals surface area contributed by atoms with Gasteiger partial charge in [-0.3, -0.25) is 14.5 Å². The normalized spacial score (nSPS) is 19.4. The van der Waals surface area contributed by atoms with Gasteiger partial charge in [-0.2, -0.15) is 5.10 Å². The third kappa shape index (κ3) is 7.54. The van der Waals surface area contributed by atoms with Gasteiger partial charge < -0.3 is 19.8 Å². The zero-order chi connectivity index (χ0) is 28.3. The van der Waals surface area contributed by atoms with Crippen LogP contribution in [0.5, 0.6) is 0 Å². The number of ether oxygens (including phenoxy) is 1. The van der Waals surface area contributed by atoms with Crippen LogP contribution < -0.4 is 10.6 Å². The van der Waals surface area contributed by atoms with Crippen LogP contribution in [0.1, 0.15) is 66.6 Å². The van der Waals surface area contributed by atoms with Crippen LogP contribution in [-0.4, -0.2) is 47.3 Å². The maximum Gasteiger partial charge on any atom is 0.408 e. The van der Waals surface area contributed by atoms with Crippen LogP contribution in [0.2, 0.25) is 18.1 Å². The summed E-state index contributed by atoms with van der Waals surface area (Å²) in [5.41, 5.74) is 2.30. The van der Waals surface area contributed by atoms with Crippen LogP contribution in [0.15, 0.2) is 36.7 Å². The Morgan fingerprint density at radius 2 is 1.95 bits per heavy atom. The van der Waals surface area contributed by atoms with Crippen molar-refractivity contribution < 1.29 is 18.8 Å². The number of rotatable bonds is 5. The van der Waals surface area contributed by atoms with E-state index in [-0.39, 0.29) is 16.9 Å². The molecular weight excluding hydrogens is 498 g/mol. The molecule has 2 bridgehead atoms. The first-order valence-corrected chi connectivity index (χ1v) is 16.1. The van der Waals surface area contributed by atoms with E-state index < -0.39 is 26.1 Å². The highest BCUT2D eigenvalue weighted by atomic mass is 28.4. The minimum Gasteiger partial charge on any atom is -0.444 e. The number of pyridine rings is 1. The summed E-state index contributed by atoms with van der Waals surface area (Å²) >= 11 is 0. The molecule has 0 fully saturated rings. The molecule has 0 spiro atoms. The van der Waals surface area contributed by atoms with Gasteiger partial charge in [0, 0.05) is 11.8 Å². The Morgan fingerprint density at radius 3 is 2.61 bits per heavy atom. The second-order valence-corrected chi connectivity index (χ2v) is 17.2. The summed E-state index contributed by atoms with van der Waals surface area (Å²) in [5, 5.41) is 10.7. The molecule has 10 heteroatoms. The maximum absolute atomic E-state index is 13.0. The smallest absolute Gasteiger partial charge is 0.408 e. The Balaban J connectivity index is 1.98. The summed E-state index contributed by atoms with van der Waals surface area (Å²) in [7, 11) is -1.92. The van der Waals surface area contributed by atoms with Crippen molar-refractivity contribution in [1.82, 2.24) is 20.1 Å². The summed E-state index contributed by atoms with van der Waals surface area (Å²) < 4.78 is 13.8. The summed E-state index contributed by atoms with van der Waals surface area (Å²) in [5.74, 6) is -0.507. The number of hydrogen-bond acceptors (Lipinski definition) is 6. The highest BCUT2D eigenvalue weighted by molar-refractivity contribution is 6.74. The Hall–Kier alpha value is -2.98. The highest BCUT2D eigenvalue weighted by Gasteiger charge is 2.37. The van der Waals surface area contributed by atoms with Gasteiger partial charge in [0.2, 0.25) is 5.91 Å². The van der Waals surface area contributed by atoms with Crippen molar-refractivity contribution >= 4 is 26.0 Å². The number of amides is 2. The molecule has 1 aliphatic heterocycles. The molecule has 1 aliphatic rings. The van der Waals surface area contributed by atoms with Crippen molar-refractivity contribution in [2.24, 2.45) is 5.92 Å². The maximum atomic E-state index is 13.0. The van der Waals surface area contributed by atoms with Gasteiger partial charge in [-0.15, -0.1) is 0 Å². The van der Waals surface area contributed by atoms with Crippen LogP contribution in [0.25, 0.3) is 11.3 Å². The Kier molecular flexibility index (Phi) is 8.88. The van der Waals surface area contributed by atoms with E-state index in [2.05, 4.69) is 54.6 Å². The van der Waals surface area contributed by atoms with Crippen molar-refractivity contribution in [3.05, 3.63) is 42.4 Å². The molecule has 3 heterocycles. The Labute approximate surface area is 227 Å². The molecule has 0 aliphatic carbocycles. The van der Waals surface area contributed by atoms with Crippen molar-refractivity contribution in [3.63, 3.8) is 0 Å². The fourth-order valence-electron chi connectivity index (χ4n) is 3.80. The third-order valence-electron chi connectivity index (χ3n) is 6.98. The van der Waals surface area contributed by atoms with E-state index in [1.807, 2.05) is 56.7 Å². The van der Waals surface area contributed by atoms with Gasteiger partial charge >= 0.3 is 6.09 Å². The lowest BCUT2D eigenvalue weighted by Crippen LogP contribution is -2.41. The number of anilines is 1. The molecule has 208 valence electrons. The topological polar surface area (TPSA) is 107 Å². The number of nitrogens with one attached hydrogen (secondary N) is 2. The highest BCUT2D eigenvalue weighted by Crippen LogP contribution is 2.37. The molecule has 0 unspecified atom stereocenters. The predicted octanol–water partition coefficient (Wildman–Crippen LogP) is 6.07. The lowest BCUT2D eigenvalue weighted by Gasteiger charge is -2.36. The summed E-state index contributed by atoms with van der Waals surface area (Å²) in [6.07, 6.45) is 7.06. The van der Waals surface area contributed by atoms with E-state index in [9.17, 15) is 9.59 Å². The van der Waals surface area contributed by atoms with Crippen molar-refractivity contribution in [3.8, 4) is 11.3 Å². The zero-order valence-corrected chi connectivity index (χ0v) is 25.2. The van der Waals surface area contributed by atoms with Gasteiger partial charge in [-0.25, -0.2) is 4.79 Å². The fourth-order valence-corrected chi connectivity index (χ4v) is 4.83. The quantitative estimate of drug-likeness (QED) is 0.352. The van der Waals surface area contributed by atoms with Crippen LogP contribution in [0.4, 0.5) is 10.5 Å². The first-order valence-electron chi connectivity index (χ1n) is 13.2. The molecule has 2 N–H and O–H groups in total. The monoisotopic (exact) mass is 541 g/mol. The number of carbonyl (C=O) groups excluding carboxylic acids is 2. The number of alkyl carbamates (subject to hydrolysis) is 1. The van der Waals surface area contributed by atoms with Gasteiger partial charge in [0.05, 0.1) is 48.4 Å². The van der Waals surface area contributed by atoms with Crippen LogP contribution in [0, 0.1) is 5.92 Å². The summed E-state index contributed by atoms with van der Waals surface area (Å²) in [6, 6.07) is 3.38. The van der Waals surface area contributed by atoms with Gasteiger partial charge in [-0.1, -0.05) is 39.8 Å². The molecule has 2 aromatic rings. The molecule has 2 atom stereocenters. The first-order chi connectivity index (χ1) is 17.6. The third-order valence-corrected chi connectivity index (χ3v) is 11.5. The van der Waals surface area contributed by atoms with Crippen LogP contribution in [-0.2, 0) is 20.5 Å². The standard InChI is InChI=1S/C28H43N5O4Si/c1-19-11-10-12-21(32-26(35)37-27(2,3)4)22-17-20(13-14-29-22)24-23(31-25(19)34)18-30-33(24)15-16-36-38(8,9)28(5,6)7/h10-11,13-14,17-19,21H,12,15-16H2,1-9H3,(H,31,34)(H,32,35)/b11-10-/t19-,21+/m1/s1. The molecule has 38 heavy (non-hydrogen) atoms. The molecule has 2 amide bonds.